The lowest BCUT2D eigenvalue weighted by molar-refractivity contribution is -0.278. The highest BCUT2D eigenvalue weighted by Crippen LogP contribution is 2.41. The van der Waals surface area contributed by atoms with Crippen LogP contribution < -0.4 is 0 Å². The van der Waals surface area contributed by atoms with Crippen molar-refractivity contribution in [1.82, 2.24) is 9.96 Å². The summed E-state index contributed by atoms with van der Waals surface area (Å²) in [5, 5.41) is 1.98. The summed E-state index contributed by atoms with van der Waals surface area (Å²) in [4.78, 5) is 33.5. The number of ketones is 1. The summed E-state index contributed by atoms with van der Waals surface area (Å²) in [6.07, 6.45) is 2.55. The Kier molecular flexibility index (Phi) is 6.65. The standard InChI is InChI=1S/C23H42N2O4/c1-20(2)12-16(13-21(3,4)24(20)9)18(26)11-19(27)29-17-14-22(5,6)25(28-10)23(7,8)15-17/h16-17H,11-15H2,1-10H3. The lowest BCUT2D eigenvalue weighted by Gasteiger charge is -2.53. The van der Waals surface area contributed by atoms with Gasteiger partial charge in [-0.05, 0) is 75.3 Å². The minimum Gasteiger partial charge on any atom is -0.462 e. The van der Waals surface area contributed by atoms with Gasteiger partial charge in [0.1, 0.15) is 18.3 Å². The molecule has 2 rings (SSSR count). The van der Waals surface area contributed by atoms with E-state index in [0.29, 0.717) is 12.8 Å². The minimum atomic E-state index is -0.396. The number of ether oxygens (including phenoxy) is 1. The molecule has 0 aromatic carbocycles. The topological polar surface area (TPSA) is 59.1 Å². The van der Waals surface area contributed by atoms with E-state index in [1.807, 2.05) is 5.06 Å². The van der Waals surface area contributed by atoms with E-state index in [9.17, 15) is 9.59 Å². The molecule has 6 nitrogen and oxygen atoms in total. The van der Waals surface area contributed by atoms with Crippen molar-refractivity contribution in [1.29, 1.82) is 0 Å². The molecule has 0 aromatic rings. The summed E-state index contributed by atoms with van der Waals surface area (Å²) >= 11 is 0. The number of carbonyl (C=O) groups is 2. The summed E-state index contributed by atoms with van der Waals surface area (Å²) in [6.45, 7) is 17.0. The van der Waals surface area contributed by atoms with Crippen LogP contribution in [0.5, 0.6) is 0 Å². The van der Waals surface area contributed by atoms with E-state index in [0.717, 1.165) is 12.8 Å². The van der Waals surface area contributed by atoms with E-state index >= 15 is 0 Å². The number of likely N-dealkylation sites (tertiary alicyclic amines) is 1. The van der Waals surface area contributed by atoms with Gasteiger partial charge in [0, 0.05) is 40.9 Å². The van der Waals surface area contributed by atoms with Crippen LogP contribution in [-0.4, -0.2) is 64.1 Å². The second-order valence-corrected chi connectivity index (χ2v) is 11.6. The summed E-state index contributed by atoms with van der Waals surface area (Å²) in [6, 6.07) is 0. The zero-order valence-electron chi connectivity index (χ0n) is 20.2. The van der Waals surface area contributed by atoms with Crippen molar-refractivity contribution in [2.24, 2.45) is 5.92 Å². The second kappa shape index (κ2) is 7.93. The molecule has 2 heterocycles. The first-order chi connectivity index (χ1) is 13.0. The lowest BCUT2D eigenvalue weighted by atomic mass is 9.72. The highest BCUT2D eigenvalue weighted by Gasteiger charge is 2.48. The Morgan fingerprint density at radius 3 is 1.69 bits per heavy atom. The fraction of sp³-hybridized carbons (Fsp3) is 0.913. The summed E-state index contributed by atoms with van der Waals surface area (Å²) in [7, 11) is 3.80. The van der Waals surface area contributed by atoms with Gasteiger partial charge in [-0.15, -0.1) is 0 Å². The highest BCUT2D eigenvalue weighted by molar-refractivity contribution is 5.97. The number of nitrogens with zero attached hydrogens (tertiary/aromatic N) is 2. The molecule has 0 aliphatic carbocycles. The Hall–Kier alpha value is -0.980. The maximum Gasteiger partial charge on any atom is 0.313 e. The van der Waals surface area contributed by atoms with Gasteiger partial charge in [0.25, 0.3) is 0 Å². The Balaban J connectivity index is 2.00. The van der Waals surface area contributed by atoms with Gasteiger partial charge in [-0.3, -0.25) is 14.5 Å². The molecule has 2 saturated heterocycles. The fourth-order valence-electron chi connectivity index (χ4n) is 5.86. The predicted molar refractivity (Wildman–Crippen MR) is 114 cm³/mol. The van der Waals surface area contributed by atoms with Crippen molar-refractivity contribution < 1.29 is 19.2 Å². The molecule has 0 atom stereocenters. The van der Waals surface area contributed by atoms with Gasteiger partial charge in [-0.25, -0.2) is 0 Å². The van der Waals surface area contributed by atoms with Crippen molar-refractivity contribution in [3.8, 4) is 0 Å². The van der Waals surface area contributed by atoms with Crippen LogP contribution in [0.1, 0.15) is 87.5 Å². The van der Waals surface area contributed by atoms with Crippen LogP contribution in [0, 0.1) is 5.92 Å². The van der Waals surface area contributed by atoms with Gasteiger partial charge in [-0.1, -0.05) is 0 Å². The number of hydrogen-bond acceptors (Lipinski definition) is 6. The molecule has 6 heteroatoms. The number of rotatable bonds is 5. The van der Waals surface area contributed by atoms with Crippen LogP contribution in [0.15, 0.2) is 0 Å². The first-order valence-electron chi connectivity index (χ1n) is 10.8. The van der Waals surface area contributed by atoms with Crippen LogP contribution in [0.3, 0.4) is 0 Å². The minimum absolute atomic E-state index is 0.0112. The molecular weight excluding hydrogens is 368 g/mol. The summed E-state index contributed by atoms with van der Waals surface area (Å²) in [5.41, 5.74) is -0.666. The molecular formula is C23H42N2O4. The second-order valence-electron chi connectivity index (χ2n) is 11.6. The van der Waals surface area contributed by atoms with Crippen LogP contribution in [0.25, 0.3) is 0 Å². The molecule has 0 N–H and O–H groups in total. The number of carbonyl (C=O) groups excluding carboxylic acids is 2. The number of Topliss-reactive ketones (excluding diaryl/α,β-unsaturated/α-hetero) is 1. The molecule has 29 heavy (non-hydrogen) atoms. The average Bonchev–Trinajstić information content (AvgIpc) is 2.49. The maximum absolute atomic E-state index is 12.9. The molecule has 2 aliphatic rings. The Morgan fingerprint density at radius 1 is 0.828 bits per heavy atom. The molecule has 168 valence electrons. The van der Waals surface area contributed by atoms with Crippen LogP contribution in [0.4, 0.5) is 0 Å². The van der Waals surface area contributed by atoms with Gasteiger partial charge in [0.05, 0.1) is 7.11 Å². The quantitative estimate of drug-likeness (QED) is 0.505. The van der Waals surface area contributed by atoms with Crippen LogP contribution >= 0.6 is 0 Å². The van der Waals surface area contributed by atoms with Crippen molar-refractivity contribution >= 4 is 11.8 Å². The van der Waals surface area contributed by atoms with Gasteiger partial charge in [-0.2, -0.15) is 5.06 Å². The summed E-state index contributed by atoms with van der Waals surface area (Å²) in [5.74, 6) is -0.490. The molecule has 0 bridgehead atoms. The third-order valence-electron chi connectivity index (χ3n) is 7.12. The average molecular weight is 411 g/mol. The Labute approximate surface area is 177 Å². The number of hydroxylamine groups is 2. The highest BCUT2D eigenvalue weighted by atomic mass is 16.7. The molecule has 0 saturated carbocycles. The van der Waals surface area contributed by atoms with E-state index in [4.69, 9.17) is 9.57 Å². The predicted octanol–water partition coefficient (Wildman–Crippen LogP) is 3.97. The van der Waals surface area contributed by atoms with Crippen molar-refractivity contribution in [3.63, 3.8) is 0 Å². The van der Waals surface area contributed by atoms with Crippen LogP contribution in [0.2, 0.25) is 0 Å². The number of piperidine rings is 2. The smallest absolute Gasteiger partial charge is 0.313 e. The van der Waals surface area contributed by atoms with Crippen molar-refractivity contribution in [2.75, 3.05) is 14.2 Å². The first-order valence-corrected chi connectivity index (χ1v) is 10.8. The molecule has 0 amide bonds. The van der Waals surface area contributed by atoms with Crippen molar-refractivity contribution in [2.45, 2.75) is 116 Å². The molecule has 2 fully saturated rings. The number of hydrogen-bond donors (Lipinski definition) is 0. The third-order valence-corrected chi connectivity index (χ3v) is 7.12. The fourth-order valence-corrected chi connectivity index (χ4v) is 5.86. The Bertz CT molecular complexity index is 603. The van der Waals surface area contributed by atoms with Crippen LogP contribution in [-0.2, 0) is 19.2 Å². The lowest BCUT2D eigenvalue weighted by Crippen LogP contribution is -2.61. The van der Waals surface area contributed by atoms with Gasteiger partial charge < -0.3 is 9.57 Å². The molecule has 0 radical (unpaired) electrons. The Morgan fingerprint density at radius 2 is 1.28 bits per heavy atom. The van der Waals surface area contributed by atoms with E-state index in [1.165, 1.54) is 0 Å². The third kappa shape index (κ3) is 5.20. The molecule has 0 unspecified atom stereocenters. The van der Waals surface area contributed by atoms with Gasteiger partial charge >= 0.3 is 5.97 Å². The van der Waals surface area contributed by atoms with E-state index < -0.39 is 5.97 Å². The normalized spacial score (nSPS) is 27.5. The van der Waals surface area contributed by atoms with Gasteiger partial charge in [0.15, 0.2) is 0 Å². The van der Waals surface area contributed by atoms with E-state index in [-0.39, 0.29) is 46.4 Å². The zero-order chi connectivity index (χ0) is 22.4. The molecule has 0 aromatic heterocycles. The SMILES string of the molecule is CON1C(C)(C)CC(OC(=O)CC(=O)C2CC(C)(C)N(C)C(C)(C)C2)CC1(C)C. The monoisotopic (exact) mass is 410 g/mol. The maximum atomic E-state index is 12.9. The first kappa shape index (κ1) is 24.3. The zero-order valence-corrected chi connectivity index (χ0v) is 20.2. The number of esters is 1. The largest absolute Gasteiger partial charge is 0.462 e. The summed E-state index contributed by atoms with van der Waals surface area (Å²) < 4.78 is 5.79. The van der Waals surface area contributed by atoms with E-state index in [2.05, 4.69) is 67.3 Å². The van der Waals surface area contributed by atoms with Crippen molar-refractivity contribution in [3.05, 3.63) is 0 Å². The van der Waals surface area contributed by atoms with Gasteiger partial charge in [0.2, 0.25) is 0 Å². The molecule has 0 spiro atoms. The van der Waals surface area contributed by atoms with E-state index in [1.54, 1.807) is 7.11 Å². The molecule has 2 aliphatic heterocycles.